The number of hydrogen-bond acceptors (Lipinski definition) is 5. The second-order valence-corrected chi connectivity index (χ2v) is 7.23. The Hall–Kier alpha value is -1.30. The minimum Gasteiger partial charge on any atom is -0.466 e. The van der Waals surface area contributed by atoms with E-state index >= 15 is 0 Å². The first-order chi connectivity index (χ1) is 10.3. The zero-order chi connectivity index (χ0) is 16.4. The summed E-state index contributed by atoms with van der Waals surface area (Å²) in [7, 11) is 0. The van der Waals surface area contributed by atoms with Gasteiger partial charge >= 0.3 is 12.1 Å². The second-order valence-electron chi connectivity index (χ2n) is 7.23. The van der Waals surface area contributed by atoms with Gasteiger partial charge in [-0.3, -0.25) is 4.79 Å². The van der Waals surface area contributed by atoms with E-state index in [1.165, 1.54) is 0 Å². The van der Waals surface area contributed by atoms with E-state index in [9.17, 15) is 9.59 Å². The molecule has 1 amide bonds. The Labute approximate surface area is 132 Å². The highest BCUT2D eigenvalue weighted by Gasteiger charge is 2.52. The van der Waals surface area contributed by atoms with Gasteiger partial charge < -0.3 is 19.7 Å². The van der Waals surface area contributed by atoms with Crippen LogP contribution in [0.5, 0.6) is 0 Å². The molecule has 0 aromatic heterocycles. The van der Waals surface area contributed by atoms with E-state index in [0.29, 0.717) is 26.2 Å². The maximum absolute atomic E-state index is 12.5. The lowest BCUT2D eigenvalue weighted by Gasteiger charge is -2.32. The number of fused-ring (bicyclic) bond motifs is 1. The number of carbonyl (C=O) groups excluding carboxylic acids is 2. The highest BCUT2D eigenvalue weighted by atomic mass is 16.6. The normalized spacial score (nSPS) is 28.7. The van der Waals surface area contributed by atoms with E-state index in [2.05, 4.69) is 5.32 Å². The van der Waals surface area contributed by atoms with Crippen molar-refractivity contribution in [1.29, 1.82) is 0 Å². The summed E-state index contributed by atoms with van der Waals surface area (Å²) in [6.07, 6.45) is 1.25. The van der Waals surface area contributed by atoms with Crippen LogP contribution in [0.4, 0.5) is 4.79 Å². The molecular weight excluding hydrogens is 284 g/mol. The standard InChI is InChI=1S/C16H28N2O4/c1-5-21-13(19)16-7-6-8-18(10-12(16)9-17-11-16)14(20)22-15(2,3)4/h12,17H,5-11H2,1-4H3/t12?,16-/m0/s1. The fraction of sp³-hybridized carbons (Fsp3) is 0.875. The molecule has 2 aliphatic heterocycles. The van der Waals surface area contributed by atoms with Gasteiger partial charge in [0.05, 0.1) is 12.0 Å². The number of rotatable bonds is 2. The predicted molar refractivity (Wildman–Crippen MR) is 82.5 cm³/mol. The van der Waals surface area contributed by atoms with Crippen molar-refractivity contribution in [3.05, 3.63) is 0 Å². The van der Waals surface area contributed by atoms with Crippen LogP contribution in [0.2, 0.25) is 0 Å². The molecule has 2 heterocycles. The number of carbonyl (C=O) groups is 2. The third-order valence-corrected chi connectivity index (χ3v) is 4.44. The number of nitrogens with zero attached hydrogens (tertiary/aromatic N) is 1. The third-order valence-electron chi connectivity index (χ3n) is 4.44. The van der Waals surface area contributed by atoms with Crippen LogP contribution in [-0.4, -0.2) is 55.3 Å². The first kappa shape index (κ1) is 17.1. The number of likely N-dealkylation sites (tertiary alicyclic amines) is 1. The van der Waals surface area contributed by atoms with Crippen molar-refractivity contribution in [3.63, 3.8) is 0 Å². The van der Waals surface area contributed by atoms with Gasteiger partial charge in [0.2, 0.25) is 0 Å². The Kier molecular flexibility index (Phi) is 5.00. The molecule has 2 aliphatic rings. The van der Waals surface area contributed by atoms with Crippen molar-refractivity contribution in [3.8, 4) is 0 Å². The predicted octanol–water partition coefficient (Wildman–Crippen LogP) is 1.79. The molecule has 1 unspecified atom stereocenters. The van der Waals surface area contributed by atoms with Crippen molar-refractivity contribution < 1.29 is 19.1 Å². The summed E-state index contributed by atoms with van der Waals surface area (Å²) < 4.78 is 10.8. The maximum atomic E-state index is 12.5. The van der Waals surface area contributed by atoms with Crippen LogP contribution in [0.3, 0.4) is 0 Å². The Morgan fingerprint density at radius 1 is 1.36 bits per heavy atom. The summed E-state index contributed by atoms with van der Waals surface area (Å²) in [4.78, 5) is 26.5. The van der Waals surface area contributed by atoms with Gasteiger partial charge in [0.1, 0.15) is 5.60 Å². The fourth-order valence-corrected chi connectivity index (χ4v) is 3.39. The fourth-order valence-electron chi connectivity index (χ4n) is 3.39. The molecule has 2 fully saturated rings. The Morgan fingerprint density at radius 3 is 2.73 bits per heavy atom. The Bertz CT molecular complexity index is 432. The lowest BCUT2D eigenvalue weighted by molar-refractivity contribution is -0.157. The van der Waals surface area contributed by atoms with Crippen molar-refractivity contribution in [2.75, 3.05) is 32.8 Å². The van der Waals surface area contributed by atoms with Crippen LogP contribution in [-0.2, 0) is 14.3 Å². The number of nitrogens with one attached hydrogen (secondary N) is 1. The SMILES string of the molecule is CCOC(=O)[C@]12CCCN(C(=O)OC(C)(C)C)CC1CNC2. The van der Waals surface area contributed by atoms with Crippen molar-refractivity contribution in [2.24, 2.45) is 11.3 Å². The molecule has 126 valence electrons. The number of hydrogen-bond donors (Lipinski definition) is 1. The molecule has 6 heteroatoms. The van der Waals surface area contributed by atoms with E-state index in [-0.39, 0.29) is 18.0 Å². The van der Waals surface area contributed by atoms with Crippen LogP contribution >= 0.6 is 0 Å². The monoisotopic (exact) mass is 312 g/mol. The molecule has 0 aromatic rings. The van der Waals surface area contributed by atoms with Gasteiger partial charge in [-0.2, -0.15) is 0 Å². The first-order valence-corrected chi connectivity index (χ1v) is 8.14. The van der Waals surface area contributed by atoms with Crippen LogP contribution in [0.15, 0.2) is 0 Å². The molecule has 0 saturated carbocycles. The van der Waals surface area contributed by atoms with E-state index < -0.39 is 11.0 Å². The molecule has 1 N–H and O–H groups in total. The quantitative estimate of drug-likeness (QED) is 0.787. The molecule has 2 atom stereocenters. The smallest absolute Gasteiger partial charge is 0.410 e. The highest BCUT2D eigenvalue weighted by molar-refractivity contribution is 5.78. The van der Waals surface area contributed by atoms with E-state index in [1.807, 2.05) is 27.7 Å². The van der Waals surface area contributed by atoms with Crippen molar-refractivity contribution in [2.45, 2.75) is 46.1 Å². The molecule has 0 bridgehead atoms. The minimum absolute atomic E-state index is 0.0848. The van der Waals surface area contributed by atoms with Crippen LogP contribution in [0.25, 0.3) is 0 Å². The summed E-state index contributed by atoms with van der Waals surface area (Å²) in [5, 5.41) is 3.30. The molecule has 0 aliphatic carbocycles. The lowest BCUT2D eigenvalue weighted by Crippen LogP contribution is -2.44. The van der Waals surface area contributed by atoms with Crippen LogP contribution in [0, 0.1) is 11.3 Å². The summed E-state index contributed by atoms with van der Waals surface area (Å²) in [5.41, 5.74) is -0.998. The number of ether oxygens (including phenoxy) is 2. The van der Waals surface area contributed by atoms with Gasteiger partial charge in [-0.25, -0.2) is 4.79 Å². The van der Waals surface area contributed by atoms with Crippen molar-refractivity contribution in [1.82, 2.24) is 10.2 Å². The lowest BCUT2D eigenvalue weighted by atomic mass is 9.75. The third kappa shape index (κ3) is 3.54. The molecule has 0 aromatic carbocycles. The topological polar surface area (TPSA) is 67.9 Å². The molecule has 0 spiro atoms. The Balaban J connectivity index is 2.11. The van der Waals surface area contributed by atoms with Gasteiger partial charge in [0.25, 0.3) is 0 Å². The summed E-state index contributed by atoms with van der Waals surface area (Å²) in [6, 6.07) is 0. The molecular formula is C16H28N2O4. The van der Waals surface area contributed by atoms with E-state index in [1.54, 1.807) is 4.90 Å². The van der Waals surface area contributed by atoms with Gasteiger partial charge in [0.15, 0.2) is 0 Å². The van der Waals surface area contributed by atoms with Crippen LogP contribution < -0.4 is 5.32 Å². The zero-order valence-corrected chi connectivity index (χ0v) is 14.1. The van der Waals surface area contributed by atoms with Crippen molar-refractivity contribution >= 4 is 12.1 Å². The van der Waals surface area contributed by atoms with E-state index in [0.717, 1.165) is 19.4 Å². The van der Waals surface area contributed by atoms with Gasteiger partial charge in [0, 0.05) is 32.1 Å². The van der Waals surface area contributed by atoms with Gasteiger partial charge in [-0.05, 0) is 40.5 Å². The maximum Gasteiger partial charge on any atom is 0.410 e. The first-order valence-electron chi connectivity index (χ1n) is 8.14. The molecule has 6 nitrogen and oxygen atoms in total. The van der Waals surface area contributed by atoms with Crippen LogP contribution in [0.1, 0.15) is 40.5 Å². The minimum atomic E-state index is -0.504. The van der Waals surface area contributed by atoms with Gasteiger partial charge in [-0.1, -0.05) is 0 Å². The Morgan fingerprint density at radius 2 is 2.09 bits per heavy atom. The second kappa shape index (κ2) is 6.44. The summed E-state index contributed by atoms with van der Waals surface area (Å²) >= 11 is 0. The largest absolute Gasteiger partial charge is 0.466 e. The molecule has 2 saturated heterocycles. The number of esters is 1. The average molecular weight is 312 g/mol. The number of amides is 1. The summed E-state index contributed by atoms with van der Waals surface area (Å²) in [6.45, 7) is 10.4. The molecule has 22 heavy (non-hydrogen) atoms. The summed E-state index contributed by atoms with van der Waals surface area (Å²) in [5.74, 6) is -0.0439. The molecule has 2 rings (SSSR count). The average Bonchev–Trinajstić information content (AvgIpc) is 2.71. The zero-order valence-electron chi connectivity index (χ0n) is 14.1. The molecule has 0 radical (unpaired) electrons. The highest BCUT2D eigenvalue weighted by Crippen LogP contribution is 2.40. The van der Waals surface area contributed by atoms with Gasteiger partial charge in [-0.15, -0.1) is 0 Å². The van der Waals surface area contributed by atoms with E-state index in [4.69, 9.17) is 9.47 Å².